The maximum absolute atomic E-state index is 6.09. The Kier molecular flexibility index (Phi) is 3.52. The number of aryl methyl sites for hydroxylation is 1. The zero-order valence-corrected chi connectivity index (χ0v) is 12.7. The molecular formula is C18H26N2O. The van der Waals surface area contributed by atoms with Crippen molar-refractivity contribution < 1.29 is 4.74 Å². The highest BCUT2D eigenvalue weighted by Crippen LogP contribution is 2.47. The molecule has 0 radical (unpaired) electrons. The minimum absolute atomic E-state index is 0.205. The van der Waals surface area contributed by atoms with Gasteiger partial charge in [0.1, 0.15) is 0 Å². The van der Waals surface area contributed by atoms with Gasteiger partial charge in [-0.2, -0.15) is 0 Å². The van der Waals surface area contributed by atoms with Crippen LogP contribution in [0.2, 0.25) is 0 Å². The fourth-order valence-corrected chi connectivity index (χ4v) is 4.84. The Bertz CT molecular complexity index is 512. The quantitative estimate of drug-likeness (QED) is 0.663. The van der Waals surface area contributed by atoms with Crippen LogP contribution in [-0.2, 0) is 11.2 Å². The molecule has 21 heavy (non-hydrogen) atoms. The lowest BCUT2D eigenvalue weighted by atomic mass is 9.68. The summed E-state index contributed by atoms with van der Waals surface area (Å²) in [4.78, 5) is 0. The second kappa shape index (κ2) is 5.38. The third-order valence-corrected chi connectivity index (χ3v) is 6.11. The van der Waals surface area contributed by atoms with Crippen molar-refractivity contribution >= 4 is 0 Å². The molecular weight excluding hydrogens is 260 g/mol. The smallest absolute Gasteiger partial charge is 0.0685 e. The number of hydrogen-bond acceptors (Lipinski definition) is 3. The molecule has 0 amide bonds. The summed E-state index contributed by atoms with van der Waals surface area (Å²) in [6, 6.07) is 9.30. The first-order chi connectivity index (χ1) is 10.3. The predicted molar refractivity (Wildman–Crippen MR) is 83.9 cm³/mol. The molecule has 1 aliphatic heterocycles. The summed E-state index contributed by atoms with van der Waals surface area (Å²) >= 11 is 0. The van der Waals surface area contributed by atoms with E-state index < -0.39 is 0 Å². The van der Waals surface area contributed by atoms with Crippen LogP contribution in [-0.4, -0.2) is 18.2 Å². The minimum Gasteiger partial charge on any atom is -0.375 e. The highest BCUT2D eigenvalue weighted by Gasteiger charge is 2.46. The van der Waals surface area contributed by atoms with Crippen molar-refractivity contribution in [3.8, 4) is 0 Å². The van der Waals surface area contributed by atoms with E-state index in [1.807, 2.05) is 0 Å². The minimum atomic E-state index is 0.205. The number of fused-ring (bicyclic) bond motifs is 1. The summed E-state index contributed by atoms with van der Waals surface area (Å²) in [5.74, 6) is 7.23. The predicted octanol–water partition coefficient (Wildman–Crippen LogP) is 2.90. The Morgan fingerprint density at radius 1 is 1.24 bits per heavy atom. The van der Waals surface area contributed by atoms with Gasteiger partial charge in [-0.15, -0.1) is 0 Å². The zero-order chi connectivity index (χ0) is 14.3. The number of nitrogens with one attached hydrogen (secondary N) is 1. The normalized spacial score (nSPS) is 31.7. The number of benzene rings is 1. The molecule has 1 saturated carbocycles. The average Bonchev–Trinajstić information content (AvgIpc) is 2.91. The first-order valence-electron chi connectivity index (χ1n) is 8.49. The molecule has 3 unspecified atom stereocenters. The van der Waals surface area contributed by atoms with Gasteiger partial charge in [0.15, 0.2) is 0 Å². The SMILES string of the molecule is NNC(C1CCOC2(CCC2)C1)C1CCc2ccccc21. The number of hydrazine groups is 1. The van der Waals surface area contributed by atoms with Crippen LogP contribution in [0.3, 0.4) is 0 Å². The van der Waals surface area contributed by atoms with Gasteiger partial charge in [0, 0.05) is 18.6 Å². The van der Waals surface area contributed by atoms with E-state index in [0.29, 0.717) is 17.9 Å². The highest BCUT2D eigenvalue weighted by molar-refractivity contribution is 5.36. The molecule has 0 aromatic heterocycles. The molecule has 1 heterocycles. The third kappa shape index (κ3) is 2.32. The zero-order valence-electron chi connectivity index (χ0n) is 12.7. The van der Waals surface area contributed by atoms with Crippen LogP contribution in [0.1, 0.15) is 55.6 Å². The van der Waals surface area contributed by atoms with Crippen molar-refractivity contribution in [1.82, 2.24) is 5.43 Å². The van der Waals surface area contributed by atoms with Crippen LogP contribution < -0.4 is 11.3 Å². The van der Waals surface area contributed by atoms with E-state index in [-0.39, 0.29) is 5.60 Å². The second-order valence-corrected chi connectivity index (χ2v) is 7.17. The molecule has 2 fully saturated rings. The van der Waals surface area contributed by atoms with Gasteiger partial charge in [0.2, 0.25) is 0 Å². The Balaban J connectivity index is 1.55. The maximum Gasteiger partial charge on any atom is 0.0685 e. The standard InChI is InChI=1S/C18H26N2O/c19-20-17(14-8-11-21-18(12-14)9-3-10-18)16-7-6-13-4-1-2-5-15(13)16/h1-2,4-5,14,16-17,20H,3,6-12,19H2. The van der Waals surface area contributed by atoms with E-state index in [4.69, 9.17) is 10.6 Å². The topological polar surface area (TPSA) is 47.3 Å². The molecule has 3 N–H and O–H groups in total. The van der Waals surface area contributed by atoms with Gasteiger partial charge >= 0.3 is 0 Å². The van der Waals surface area contributed by atoms with Crippen LogP contribution in [0.4, 0.5) is 0 Å². The van der Waals surface area contributed by atoms with Gasteiger partial charge < -0.3 is 4.74 Å². The molecule has 3 atom stereocenters. The van der Waals surface area contributed by atoms with Crippen molar-refractivity contribution in [3.05, 3.63) is 35.4 Å². The summed E-state index contributed by atoms with van der Waals surface area (Å²) < 4.78 is 6.09. The fraction of sp³-hybridized carbons (Fsp3) is 0.667. The lowest BCUT2D eigenvalue weighted by molar-refractivity contribution is -0.148. The van der Waals surface area contributed by atoms with E-state index in [2.05, 4.69) is 29.7 Å². The van der Waals surface area contributed by atoms with E-state index in [0.717, 1.165) is 13.0 Å². The van der Waals surface area contributed by atoms with Crippen LogP contribution in [0.15, 0.2) is 24.3 Å². The number of ether oxygens (including phenoxy) is 1. The first kappa shape index (κ1) is 13.7. The molecule has 1 spiro atoms. The van der Waals surface area contributed by atoms with E-state index in [1.165, 1.54) is 49.7 Å². The monoisotopic (exact) mass is 286 g/mol. The molecule has 2 aliphatic carbocycles. The van der Waals surface area contributed by atoms with E-state index in [1.54, 1.807) is 0 Å². The van der Waals surface area contributed by atoms with Crippen molar-refractivity contribution in [2.24, 2.45) is 11.8 Å². The van der Waals surface area contributed by atoms with Gasteiger partial charge in [-0.05, 0) is 62.0 Å². The van der Waals surface area contributed by atoms with Gasteiger partial charge in [0.05, 0.1) is 5.60 Å². The molecule has 114 valence electrons. The Morgan fingerprint density at radius 3 is 2.86 bits per heavy atom. The lowest BCUT2D eigenvalue weighted by Gasteiger charge is -2.49. The van der Waals surface area contributed by atoms with Crippen molar-refractivity contribution in [3.63, 3.8) is 0 Å². The van der Waals surface area contributed by atoms with Gasteiger partial charge in [-0.25, -0.2) is 0 Å². The number of nitrogens with two attached hydrogens (primary N) is 1. The summed E-state index contributed by atoms with van der Waals surface area (Å²) in [5, 5.41) is 0. The fourth-order valence-electron chi connectivity index (χ4n) is 4.84. The van der Waals surface area contributed by atoms with Crippen LogP contribution in [0.5, 0.6) is 0 Å². The molecule has 3 nitrogen and oxygen atoms in total. The number of hydrogen-bond donors (Lipinski definition) is 2. The third-order valence-electron chi connectivity index (χ3n) is 6.11. The molecule has 0 bridgehead atoms. The van der Waals surface area contributed by atoms with E-state index in [9.17, 15) is 0 Å². The summed E-state index contributed by atoms with van der Waals surface area (Å²) in [6.07, 6.45) is 8.62. The van der Waals surface area contributed by atoms with Crippen LogP contribution >= 0.6 is 0 Å². The Labute approximate surface area is 127 Å². The van der Waals surface area contributed by atoms with Gasteiger partial charge in [-0.1, -0.05) is 24.3 Å². The molecule has 3 heteroatoms. The largest absolute Gasteiger partial charge is 0.375 e. The molecule has 1 saturated heterocycles. The van der Waals surface area contributed by atoms with Crippen LogP contribution in [0.25, 0.3) is 0 Å². The Hall–Kier alpha value is -0.900. The summed E-state index contributed by atoms with van der Waals surface area (Å²) in [5.41, 5.74) is 6.43. The van der Waals surface area contributed by atoms with Crippen molar-refractivity contribution in [1.29, 1.82) is 0 Å². The maximum atomic E-state index is 6.09. The lowest BCUT2D eigenvalue weighted by Crippen LogP contribution is -2.53. The Morgan fingerprint density at radius 2 is 2.10 bits per heavy atom. The van der Waals surface area contributed by atoms with Crippen molar-refractivity contribution in [2.45, 2.75) is 62.5 Å². The number of rotatable bonds is 3. The first-order valence-corrected chi connectivity index (χ1v) is 8.49. The molecule has 4 rings (SSSR count). The molecule has 3 aliphatic rings. The second-order valence-electron chi connectivity index (χ2n) is 7.17. The van der Waals surface area contributed by atoms with Crippen LogP contribution in [0, 0.1) is 5.92 Å². The average molecular weight is 286 g/mol. The van der Waals surface area contributed by atoms with E-state index >= 15 is 0 Å². The van der Waals surface area contributed by atoms with Gasteiger partial charge in [-0.3, -0.25) is 11.3 Å². The highest BCUT2D eigenvalue weighted by atomic mass is 16.5. The van der Waals surface area contributed by atoms with Gasteiger partial charge in [0.25, 0.3) is 0 Å². The molecule has 1 aromatic rings. The van der Waals surface area contributed by atoms with Crippen molar-refractivity contribution in [2.75, 3.05) is 6.61 Å². The summed E-state index contributed by atoms with van der Waals surface area (Å²) in [7, 11) is 0. The molecule has 1 aromatic carbocycles. The summed E-state index contributed by atoms with van der Waals surface area (Å²) in [6.45, 7) is 0.914.